The molecule has 0 amide bonds. The molecule has 0 radical (unpaired) electrons. The van der Waals surface area contributed by atoms with E-state index in [0.717, 1.165) is 6.54 Å². The van der Waals surface area contributed by atoms with Gasteiger partial charge in [-0.1, -0.05) is 0 Å². The third-order valence-electron chi connectivity index (χ3n) is 2.93. The van der Waals surface area contributed by atoms with E-state index in [-0.39, 0.29) is 13.2 Å². The van der Waals surface area contributed by atoms with Gasteiger partial charge in [0.1, 0.15) is 0 Å². The fraction of sp³-hybridized carbons (Fsp3) is 1.00. The lowest BCUT2D eigenvalue weighted by Gasteiger charge is -2.31. The second-order valence-electron chi connectivity index (χ2n) is 3.60. The van der Waals surface area contributed by atoms with E-state index in [2.05, 4.69) is 0 Å². The van der Waals surface area contributed by atoms with E-state index >= 15 is 0 Å². The van der Waals surface area contributed by atoms with E-state index in [0.29, 0.717) is 13.0 Å². The molecule has 1 N–H and O–H groups in total. The molecular weight excluding hydrogens is 152 g/mol. The van der Waals surface area contributed by atoms with Gasteiger partial charge in [-0.3, -0.25) is 4.90 Å². The van der Waals surface area contributed by atoms with Crippen LogP contribution in [0.1, 0.15) is 6.42 Å². The highest BCUT2D eigenvalue weighted by molar-refractivity contribution is 5.07. The van der Waals surface area contributed by atoms with Crippen LogP contribution >= 0.6 is 0 Å². The number of hydrogen-bond acceptors (Lipinski definition) is 2. The summed E-state index contributed by atoms with van der Waals surface area (Å²) < 4.78 is 26.2. The van der Waals surface area contributed by atoms with Crippen molar-refractivity contribution >= 4 is 0 Å². The van der Waals surface area contributed by atoms with Gasteiger partial charge in [-0.2, -0.15) is 0 Å². The van der Waals surface area contributed by atoms with E-state index in [1.165, 1.54) is 0 Å². The van der Waals surface area contributed by atoms with Crippen LogP contribution in [-0.2, 0) is 0 Å². The molecule has 2 rings (SSSR count). The van der Waals surface area contributed by atoms with E-state index in [4.69, 9.17) is 5.11 Å². The minimum atomic E-state index is -2.67. The lowest BCUT2D eigenvalue weighted by molar-refractivity contribution is -0.116. The van der Waals surface area contributed by atoms with Crippen LogP contribution in [-0.4, -0.2) is 42.2 Å². The van der Waals surface area contributed by atoms with Crippen molar-refractivity contribution in [3.05, 3.63) is 0 Å². The molecule has 0 aromatic rings. The smallest absolute Gasteiger partial charge is 0.269 e. The van der Waals surface area contributed by atoms with E-state index in [1.54, 1.807) is 4.90 Å². The first-order chi connectivity index (χ1) is 5.10. The quantitative estimate of drug-likeness (QED) is 0.601. The van der Waals surface area contributed by atoms with Crippen LogP contribution in [0.4, 0.5) is 8.78 Å². The maximum Gasteiger partial charge on any atom is 0.269 e. The Morgan fingerprint density at radius 3 is 2.36 bits per heavy atom. The summed E-state index contributed by atoms with van der Waals surface area (Å²) in [5.41, 5.74) is -1.10. The number of aliphatic hydroxyl groups excluding tert-OH is 1. The molecule has 0 spiro atoms. The lowest BCUT2D eigenvalue weighted by Crippen LogP contribution is -2.44. The Balaban J connectivity index is 2.29. The van der Waals surface area contributed by atoms with Gasteiger partial charge in [0.15, 0.2) is 0 Å². The molecule has 2 bridgehead atoms. The number of aliphatic hydroxyl groups is 1. The Labute approximate surface area is 63.8 Å². The molecular formula is C7H11F2NO. The van der Waals surface area contributed by atoms with Crippen molar-refractivity contribution in [2.75, 3.05) is 26.2 Å². The van der Waals surface area contributed by atoms with Gasteiger partial charge in [0.25, 0.3) is 5.92 Å². The molecule has 2 nitrogen and oxygen atoms in total. The lowest BCUT2D eigenvalue weighted by atomic mass is 9.82. The first-order valence-corrected chi connectivity index (χ1v) is 3.81. The van der Waals surface area contributed by atoms with Crippen molar-refractivity contribution in [3.63, 3.8) is 0 Å². The van der Waals surface area contributed by atoms with E-state index < -0.39 is 11.3 Å². The van der Waals surface area contributed by atoms with Crippen molar-refractivity contribution in [2.24, 2.45) is 5.41 Å². The molecule has 2 atom stereocenters. The maximum absolute atomic E-state index is 13.1. The highest BCUT2D eigenvalue weighted by Gasteiger charge is 2.63. The highest BCUT2D eigenvalue weighted by atomic mass is 19.3. The Hall–Kier alpha value is -0.220. The summed E-state index contributed by atoms with van der Waals surface area (Å²) in [6, 6.07) is 0. The summed E-state index contributed by atoms with van der Waals surface area (Å²) >= 11 is 0. The molecule has 4 heteroatoms. The maximum atomic E-state index is 13.1. The van der Waals surface area contributed by atoms with Gasteiger partial charge in [-0.05, 0) is 13.0 Å². The van der Waals surface area contributed by atoms with Crippen LogP contribution in [0.5, 0.6) is 0 Å². The van der Waals surface area contributed by atoms with Gasteiger partial charge in [-0.15, -0.1) is 0 Å². The molecule has 2 aliphatic heterocycles. The molecule has 64 valence electrons. The Kier molecular flexibility index (Phi) is 1.30. The summed E-state index contributed by atoms with van der Waals surface area (Å²) in [6.07, 6.45) is 0.441. The SMILES string of the molecule is OCC12CCN(CC1(F)F)C2. The van der Waals surface area contributed by atoms with Crippen molar-refractivity contribution in [3.8, 4) is 0 Å². The van der Waals surface area contributed by atoms with Crippen LogP contribution in [0.15, 0.2) is 0 Å². The molecule has 2 heterocycles. The summed E-state index contributed by atoms with van der Waals surface area (Å²) in [7, 11) is 0. The largest absolute Gasteiger partial charge is 0.396 e. The van der Waals surface area contributed by atoms with E-state index in [9.17, 15) is 8.78 Å². The van der Waals surface area contributed by atoms with E-state index in [1.807, 2.05) is 0 Å². The van der Waals surface area contributed by atoms with Gasteiger partial charge in [0, 0.05) is 6.54 Å². The van der Waals surface area contributed by atoms with Crippen LogP contribution in [0.2, 0.25) is 0 Å². The van der Waals surface area contributed by atoms with Gasteiger partial charge in [-0.25, -0.2) is 8.78 Å². The molecule has 0 aromatic carbocycles. The second kappa shape index (κ2) is 1.93. The molecule has 2 unspecified atom stereocenters. The number of hydrogen-bond donors (Lipinski definition) is 1. The molecule has 0 saturated carbocycles. The van der Waals surface area contributed by atoms with Gasteiger partial charge >= 0.3 is 0 Å². The normalized spacial score (nSPS) is 46.6. The Morgan fingerprint density at radius 2 is 2.09 bits per heavy atom. The van der Waals surface area contributed by atoms with Gasteiger partial charge < -0.3 is 5.11 Å². The minimum absolute atomic E-state index is 0.159. The Morgan fingerprint density at radius 1 is 1.36 bits per heavy atom. The average Bonchev–Trinajstić information content (AvgIpc) is 2.41. The number of rotatable bonds is 1. The first kappa shape index (κ1) is 7.43. The third-order valence-corrected chi connectivity index (χ3v) is 2.93. The molecule has 0 aliphatic carbocycles. The van der Waals surface area contributed by atoms with Crippen LogP contribution in [0.3, 0.4) is 0 Å². The zero-order valence-electron chi connectivity index (χ0n) is 6.19. The average molecular weight is 163 g/mol. The molecule has 2 fully saturated rings. The van der Waals surface area contributed by atoms with Crippen molar-refractivity contribution < 1.29 is 13.9 Å². The summed E-state index contributed by atoms with van der Waals surface area (Å²) in [4.78, 5) is 1.72. The first-order valence-electron chi connectivity index (χ1n) is 3.81. The molecule has 2 aliphatic rings. The van der Waals surface area contributed by atoms with Crippen molar-refractivity contribution in [1.82, 2.24) is 4.90 Å². The number of piperidine rings is 1. The van der Waals surface area contributed by atoms with Crippen molar-refractivity contribution in [2.45, 2.75) is 12.3 Å². The van der Waals surface area contributed by atoms with Crippen LogP contribution < -0.4 is 0 Å². The standard InChI is InChI=1S/C7H11F2NO/c8-7(9)4-10-2-1-6(7,3-10)5-11/h11H,1-5H2. The fourth-order valence-corrected chi connectivity index (χ4v) is 2.09. The minimum Gasteiger partial charge on any atom is -0.396 e. The third kappa shape index (κ3) is 0.767. The van der Waals surface area contributed by atoms with Crippen molar-refractivity contribution in [1.29, 1.82) is 0 Å². The van der Waals surface area contributed by atoms with Crippen LogP contribution in [0.25, 0.3) is 0 Å². The number of nitrogens with zero attached hydrogens (tertiary/aromatic N) is 1. The zero-order valence-corrected chi connectivity index (χ0v) is 6.19. The summed E-state index contributed by atoms with van der Waals surface area (Å²) in [6.45, 7) is 0.552. The van der Waals surface area contributed by atoms with Crippen LogP contribution in [0, 0.1) is 5.41 Å². The van der Waals surface area contributed by atoms with Gasteiger partial charge in [0.2, 0.25) is 0 Å². The summed E-state index contributed by atoms with van der Waals surface area (Å²) in [5, 5.41) is 8.87. The second-order valence-corrected chi connectivity index (χ2v) is 3.60. The zero-order chi connectivity index (χ0) is 8.11. The predicted octanol–water partition coefficient (Wildman–Crippen LogP) is 0.320. The number of fused-ring (bicyclic) bond motifs is 2. The highest BCUT2D eigenvalue weighted by Crippen LogP contribution is 2.50. The number of alkyl halides is 2. The number of halogens is 2. The molecule has 0 aromatic heterocycles. The monoisotopic (exact) mass is 163 g/mol. The molecule has 2 saturated heterocycles. The fourth-order valence-electron chi connectivity index (χ4n) is 2.09. The van der Waals surface area contributed by atoms with Gasteiger partial charge in [0.05, 0.1) is 18.6 Å². The summed E-state index contributed by atoms with van der Waals surface area (Å²) in [5.74, 6) is -2.67. The topological polar surface area (TPSA) is 23.5 Å². The predicted molar refractivity (Wildman–Crippen MR) is 35.5 cm³/mol. The Bertz CT molecular complexity index is 185. The molecule has 11 heavy (non-hydrogen) atoms.